The quantitative estimate of drug-likeness (QED) is 0.482. The van der Waals surface area contributed by atoms with Gasteiger partial charge in [-0.15, -0.1) is 0 Å². The summed E-state index contributed by atoms with van der Waals surface area (Å²) in [5.74, 6) is 0.764. The van der Waals surface area contributed by atoms with Gasteiger partial charge in [0.2, 0.25) is 0 Å². The van der Waals surface area contributed by atoms with Gasteiger partial charge in [-0.1, -0.05) is 12.8 Å². The molecule has 100 valence electrons. The summed E-state index contributed by atoms with van der Waals surface area (Å²) in [4.78, 5) is 15.1. The summed E-state index contributed by atoms with van der Waals surface area (Å²) in [5, 5.41) is 14.3. The summed E-state index contributed by atoms with van der Waals surface area (Å²) in [6.45, 7) is 0. The predicted molar refractivity (Wildman–Crippen MR) is 73.2 cm³/mol. The molecule has 0 amide bonds. The van der Waals surface area contributed by atoms with E-state index in [1.807, 2.05) is 0 Å². The van der Waals surface area contributed by atoms with Crippen LogP contribution in [0.15, 0.2) is 23.2 Å². The number of nitrogens with zero attached hydrogens (tertiary/aromatic N) is 2. The van der Waals surface area contributed by atoms with Gasteiger partial charge in [-0.3, -0.25) is 15.1 Å². The smallest absolute Gasteiger partial charge is 0.292 e. The van der Waals surface area contributed by atoms with Crippen molar-refractivity contribution in [3.63, 3.8) is 0 Å². The largest absolute Gasteiger partial charge is 0.393 e. The summed E-state index contributed by atoms with van der Waals surface area (Å²) in [5.41, 5.74) is 6.48. The van der Waals surface area contributed by atoms with Crippen LogP contribution in [0.4, 0.5) is 11.4 Å². The molecule has 2 unspecified atom stereocenters. The van der Waals surface area contributed by atoms with E-state index in [0.717, 1.165) is 24.2 Å². The zero-order valence-corrected chi connectivity index (χ0v) is 10.5. The minimum absolute atomic E-state index is 0.0585. The van der Waals surface area contributed by atoms with Crippen molar-refractivity contribution < 1.29 is 4.92 Å². The molecule has 1 aromatic rings. The molecule has 6 nitrogen and oxygen atoms in total. The number of nitro groups is 1. The first-order valence-electron chi connectivity index (χ1n) is 6.54. The van der Waals surface area contributed by atoms with Crippen LogP contribution in [0.5, 0.6) is 0 Å². The summed E-state index contributed by atoms with van der Waals surface area (Å²) < 4.78 is 0. The second kappa shape index (κ2) is 4.53. The molecule has 2 aliphatic rings. The fraction of sp³-hybridized carbons (Fsp3) is 0.462. The normalized spacial score (nSPS) is 25.4. The van der Waals surface area contributed by atoms with Crippen molar-refractivity contribution in [1.29, 1.82) is 0 Å². The number of aliphatic imine (C=N–C) groups is 1. The zero-order chi connectivity index (χ0) is 13.4. The van der Waals surface area contributed by atoms with Crippen LogP contribution in [0.25, 0.3) is 0 Å². The molecule has 0 radical (unpaired) electrons. The van der Waals surface area contributed by atoms with Crippen LogP contribution < -0.4 is 11.1 Å². The Bertz CT molecular complexity index is 556. The van der Waals surface area contributed by atoms with Gasteiger partial charge < -0.3 is 11.1 Å². The Morgan fingerprint density at radius 2 is 2.16 bits per heavy atom. The number of hydrogen-bond donors (Lipinski definition) is 2. The number of rotatable bonds is 2. The Morgan fingerprint density at radius 3 is 2.89 bits per heavy atom. The molecular formula is C13H16N4O2. The Kier molecular flexibility index (Phi) is 2.85. The molecule has 0 bridgehead atoms. The Labute approximate surface area is 110 Å². The van der Waals surface area contributed by atoms with Gasteiger partial charge in [-0.25, -0.2) is 0 Å². The maximum Gasteiger partial charge on any atom is 0.292 e. The third-order valence-corrected chi connectivity index (χ3v) is 3.85. The maximum atomic E-state index is 10.9. The van der Waals surface area contributed by atoms with Crippen molar-refractivity contribution in [1.82, 2.24) is 5.32 Å². The van der Waals surface area contributed by atoms with Crippen LogP contribution in [-0.4, -0.2) is 22.8 Å². The van der Waals surface area contributed by atoms with Crippen molar-refractivity contribution >= 4 is 17.2 Å². The lowest BCUT2D eigenvalue weighted by Gasteiger charge is -2.23. The van der Waals surface area contributed by atoms with E-state index in [9.17, 15) is 10.1 Å². The number of nitro benzene ring substituents is 1. The molecule has 1 aliphatic carbocycles. The van der Waals surface area contributed by atoms with E-state index in [0.29, 0.717) is 12.1 Å². The molecular weight excluding hydrogens is 244 g/mol. The van der Waals surface area contributed by atoms with Gasteiger partial charge in [-0.2, -0.15) is 0 Å². The molecule has 0 spiro atoms. The highest BCUT2D eigenvalue weighted by Crippen LogP contribution is 2.28. The minimum Gasteiger partial charge on any atom is -0.393 e. The average molecular weight is 260 g/mol. The van der Waals surface area contributed by atoms with E-state index < -0.39 is 4.92 Å². The van der Waals surface area contributed by atoms with Crippen LogP contribution in [0.1, 0.15) is 31.2 Å². The van der Waals surface area contributed by atoms with Crippen LogP contribution in [0.2, 0.25) is 0 Å². The molecule has 1 heterocycles. The summed E-state index contributed by atoms with van der Waals surface area (Å²) in [6, 6.07) is 5.56. The molecule has 6 heteroatoms. The lowest BCUT2D eigenvalue weighted by atomic mass is 9.92. The molecule has 1 aromatic carbocycles. The van der Waals surface area contributed by atoms with Crippen molar-refractivity contribution in [3.8, 4) is 0 Å². The fourth-order valence-electron chi connectivity index (χ4n) is 2.82. The number of nitrogens with one attached hydrogen (secondary N) is 1. The first-order valence-corrected chi connectivity index (χ1v) is 6.54. The first kappa shape index (κ1) is 12.0. The third-order valence-electron chi connectivity index (χ3n) is 3.85. The van der Waals surface area contributed by atoms with Gasteiger partial charge in [0, 0.05) is 17.7 Å². The number of amidine groups is 1. The molecule has 1 fully saturated rings. The highest BCUT2D eigenvalue weighted by atomic mass is 16.6. The summed E-state index contributed by atoms with van der Waals surface area (Å²) in [6.07, 6.45) is 4.65. The van der Waals surface area contributed by atoms with Crippen molar-refractivity contribution in [2.75, 3.05) is 5.73 Å². The maximum absolute atomic E-state index is 10.9. The average Bonchev–Trinajstić information content (AvgIpc) is 2.82. The third kappa shape index (κ3) is 2.14. The standard InChI is InChI=1S/C13H16N4O2/c14-9-6-5-8(7-12(9)17(18)19)13-15-10-3-1-2-4-11(10)16-13/h5-7,10-11H,1-4,14H2,(H,15,16). The van der Waals surface area contributed by atoms with Crippen LogP contribution in [0, 0.1) is 10.1 Å². The van der Waals surface area contributed by atoms with Gasteiger partial charge in [0.25, 0.3) is 5.69 Å². The number of nitrogen functional groups attached to an aromatic ring is 1. The molecule has 0 aromatic heterocycles. The van der Waals surface area contributed by atoms with Gasteiger partial charge in [0.1, 0.15) is 11.5 Å². The number of benzene rings is 1. The highest BCUT2D eigenvalue weighted by Gasteiger charge is 2.31. The van der Waals surface area contributed by atoms with E-state index in [4.69, 9.17) is 5.73 Å². The SMILES string of the molecule is Nc1ccc(C2=NC3CCCCC3N2)cc1[N+](=O)[O-]. The molecule has 0 saturated heterocycles. The number of anilines is 1. The van der Waals surface area contributed by atoms with Gasteiger partial charge in [0.05, 0.1) is 11.0 Å². The van der Waals surface area contributed by atoms with E-state index in [2.05, 4.69) is 10.3 Å². The number of fused-ring (bicyclic) bond motifs is 1. The first-order chi connectivity index (χ1) is 9.15. The second-order valence-corrected chi connectivity index (χ2v) is 5.11. The molecule has 3 rings (SSSR count). The monoisotopic (exact) mass is 260 g/mol. The molecule has 1 saturated carbocycles. The van der Waals surface area contributed by atoms with E-state index >= 15 is 0 Å². The Hall–Kier alpha value is -2.11. The van der Waals surface area contributed by atoms with Gasteiger partial charge >= 0.3 is 0 Å². The highest BCUT2D eigenvalue weighted by molar-refractivity contribution is 6.01. The number of hydrogen-bond acceptors (Lipinski definition) is 5. The van der Waals surface area contributed by atoms with Gasteiger partial charge in [-0.05, 0) is 25.0 Å². The van der Waals surface area contributed by atoms with E-state index in [-0.39, 0.29) is 11.4 Å². The van der Waals surface area contributed by atoms with Crippen molar-refractivity contribution in [2.45, 2.75) is 37.8 Å². The predicted octanol–water partition coefficient (Wildman–Crippen LogP) is 1.84. The van der Waals surface area contributed by atoms with Gasteiger partial charge in [0.15, 0.2) is 0 Å². The fourth-order valence-corrected chi connectivity index (χ4v) is 2.82. The molecule has 1 aliphatic heterocycles. The van der Waals surface area contributed by atoms with Crippen molar-refractivity contribution in [3.05, 3.63) is 33.9 Å². The van der Waals surface area contributed by atoms with Crippen LogP contribution >= 0.6 is 0 Å². The molecule has 19 heavy (non-hydrogen) atoms. The van der Waals surface area contributed by atoms with Crippen molar-refractivity contribution in [2.24, 2.45) is 4.99 Å². The second-order valence-electron chi connectivity index (χ2n) is 5.11. The lowest BCUT2D eigenvalue weighted by molar-refractivity contribution is -0.383. The van der Waals surface area contributed by atoms with Crippen LogP contribution in [0.3, 0.4) is 0 Å². The summed E-state index contributed by atoms with van der Waals surface area (Å²) in [7, 11) is 0. The Morgan fingerprint density at radius 1 is 1.37 bits per heavy atom. The summed E-state index contributed by atoms with van der Waals surface area (Å²) >= 11 is 0. The number of nitrogens with two attached hydrogens (primary N) is 1. The molecule has 3 N–H and O–H groups in total. The zero-order valence-electron chi connectivity index (χ0n) is 10.5. The van der Waals surface area contributed by atoms with E-state index in [1.54, 1.807) is 12.1 Å². The Balaban J connectivity index is 1.91. The van der Waals surface area contributed by atoms with Crippen LogP contribution in [-0.2, 0) is 0 Å². The lowest BCUT2D eigenvalue weighted by Crippen LogP contribution is -2.37. The molecule has 2 atom stereocenters. The van der Waals surface area contributed by atoms with E-state index in [1.165, 1.54) is 18.9 Å². The topological polar surface area (TPSA) is 93.5 Å². The minimum atomic E-state index is -0.457.